The molecule has 1 fully saturated rings. The Labute approximate surface area is 106 Å². The third-order valence-electron chi connectivity index (χ3n) is 3.01. The molecule has 0 aliphatic carbocycles. The smallest absolute Gasteiger partial charge is 0.254 e. The van der Waals surface area contributed by atoms with Gasteiger partial charge < -0.3 is 19.2 Å². The Morgan fingerprint density at radius 2 is 2.22 bits per heavy atom. The van der Waals surface area contributed by atoms with Crippen LogP contribution in [0.25, 0.3) is 0 Å². The Hall–Kier alpha value is -1.33. The minimum absolute atomic E-state index is 0.117. The summed E-state index contributed by atoms with van der Waals surface area (Å²) in [6, 6.07) is 1.64. The number of rotatable bonds is 5. The number of carbonyl (C=O) groups is 1. The van der Waals surface area contributed by atoms with E-state index in [9.17, 15) is 4.79 Å². The van der Waals surface area contributed by atoms with Gasteiger partial charge in [0, 0.05) is 13.0 Å². The fourth-order valence-corrected chi connectivity index (χ4v) is 2.14. The predicted molar refractivity (Wildman–Crippen MR) is 65.1 cm³/mol. The highest BCUT2D eigenvalue weighted by molar-refractivity contribution is 5.93. The number of hydrogen-bond donors (Lipinski definition) is 1. The molecule has 0 aromatic carbocycles. The quantitative estimate of drug-likeness (QED) is 0.869. The number of ether oxygens (including phenoxy) is 2. The SMILES string of the molecule is C[C@H](CNC(=O)c1ccoc1)CC1(C)OCCO1. The number of furan rings is 1. The van der Waals surface area contributed by atoms with E-state index in [0.717, 1.165) is 6.42 Å². The van der Waals surface area contributed by atoms with E-state index in [-0.39, 0.29) is 11.8 Å². The molecule has 1 N–H and O–H groups in total. The Bertz CT molecular complexity index is 382. The Morgan fingerprint density at radius 3 is 2.83 bits per heavy atom. The van der Waals surface area contributed by atoms with Gasteiger partial charge in [-0.15, -0.1) is 0 Å². The fourth-order valence-electron chi connectivity index (χ4n) is 2.14. The van der Waals surface area contributed by atoms with E-state index in [1.807, 2.05) is 6.92 Å². The van der Waals surface area contributed by atoms with E-state index in [2.05, 4.69) is 12.2 Å². The largest absolute Gasteiger partial charge is 0.472 e. The van der Waals surface area contributed by atoms with E-state index in [1.165, 1.54) is 12.5 Å². The van der Waals surface area contributed by atoms with Gasteiger partial charge >= 0.3 is 0 Å². The number of carbonyl (C=O) groups excluding carboxylic acids is 1. The summed E-state index contributed by atoms with van der Waals surface area (Å²) in [6.45, 7) is 5.88. The first kappa shape index (κ1) is 13.1. The van der Waals surface area contributed by atoms with Crippen LogP contribution in [0.4, 0.5) is 0 Å². The molecule has 18 heavy (non-hydrogen) atoms. The zero-order valence-electron chi connectivity index (χ0n) is 10.8. The molecule has 100 valence electrons. The van der Waals surface area contributed by atoms with Gasteiger partial charge in [-0.05, 0) is 18.9 Å². The van der Waals surface area contributed by atoms with Crippen molar-refractivity contribution in [2.45, 2.75) is 26.1 Å². The lowest BCUT2D eigenvalue weighted by molar-refractivity contribution is -0.153. The summed E-state index contributed by atoms with van der Waals surface area (Å²) in [5.74, 6) is -0.335. The van der Waals surface area contributed by atoms with Crippen molar-refractivity contribution in [2.24, 2.45) is 5.92 Å². The second-order valence-corrected chi connectivity index (χ2v) is 4.86. The molecule has 1 aromatic heterocycles. The zero-order chi connectivity index (χ0) is 13.0. The molecule has 1 saturated heterocycles. The summed E-state index contributed by atoms with van der Waals surface area (Å²) < 4.78 is 15.9. The van der Waals surface area contributed by atoms with Gasteiger partial charge in [0.15, 0.2) is 5.79 Å². The monoisotopic (exact) mass is 253 g/mol. The molecule has 0 saturated carbocycles. The van der Waals surface area contributed by atoms with Gasteiger partial charge in [-0.2, -0.15) is 0 Å². The van der Waals surface area contributed by atoms with Crippen LogP contribution < -0.4 is 5.32 Å². The van der Waals surface area contributed by atoms with Gasteiger partial charge in [0.05, 0.1) is 25.0 Å². The van der Waals surface area contributed by atoms with E-state index >= 15 is 0 Å². The molecule has 1 aromatic rings. The molecule has 1 amide bonds. The topological polar surface area (TPSA) is 60.7 Å². The highest BCUT2D eigenvalue weighted by atomic mass is 16.7. The van der Waals surface area contributed by atoms with Gasteiger partial charge in [0.2, 0.25) is 0 Å². The first-order valence-corrected chi connectivity index (χ1v) is 6.17. The molecule has 5 nitrogen and oxygen atoms in total. The van der Waals surface area contributed by atoms with Gasteiger partial charge in [-0.25, -0.2) is 0 Å². The lowest BCUT2D eigenvalue weighted by atomic mass is 10.0. The van der Waals surface area contributed by atoms with Crippen molar-refractivity contribution in [3.05, 3.63) is 24.2 Å². The molecule has 0 radical (unpaired) electrons. The lowest BCUT2D eigenvalue weighted by Crippen LogP contribution is -2.34. The minimum atomic E-state index is -0.500. The van der Waals surface area contributed by atoms with Crippen molar-refractivity contribution in [2.75, 3.05) is 19.8 Å². The maximum absolute atomic E-state index is 11.7. The van der Waals surface area contributed by atoms with Crippen LogP contribution in [0.15, 0.2) is 23.0 Å². The molecule has 2 rings (SSSR count). The normalized spacial score (nSPS) is 19.7. The standard InChI is InChI=1S/C13H19NO4/c1-10(7-13(2)17-5-6-18-13)8-14-12(15)11-3-4-16-9-11/h3-4,9-10H,5-8H2,1-2H3,(H,14,15)/t10-/m0/s1. The molecule has 5 heteroatoms. The third kappa shape index (κ3) is 3.34. The van der Waals surface area contributed by atoms with E-state index in [1.54, 1.807) is 6.07 Å². The van der Waals surface area contributed by atoms with Gasteiger partial charge in [0.1, 0.15) is 6.26 Å². The Kier molecular flexibility index (Phi) is 4.04. The maximum Gasteiger partial charge on any atom is 0.254 e. The van der Waals surface area contributed by atoms with Crippen molar-refractivity contribution < 1.29 is 18.7 Å². The van der Waals surface area contributed by atoms with Crippen molar-refractivity contribution in [3.8, 4) is 0 Å². The average molecular weight is 253 g/mol. The van der Waals surface area contributed by atoms with Crippen LogP contribution in [0, 0.1) is 5.92 Å². The van der Waals surface area contributed by atoms with Crippen LogP contribution in [0.3, 0.4) is 0 Å². The van der Waals surface area contributed by atoms with Gasteiger partial charge in [0.25, 0.3) is 5.91 Å². The fraction of sp³-hybridized carbons (Fsp3) is 0.615. The molecule has 1 atom stereocenters. The van der Waals surface area contributed by atoms with Gasteiger partial charge in [-0.1, -0.05) is 6.92 Å². The van der Waals surface area contributed by atoms with Crippen LogP contribution in [0.2, 0.25) is 0 Å². The second kappa shape index (κ2) is 5.54. The van der Waals surface area contributed by atoms with Crippen LogP contribution in [-0.4, -0.2) is 31.5 Å². The number of nitrogens with one attached hydrogen (secondary N) is 1. The van der Waals surface area contributed by atoms with Gasteiger partial charge in [-0.3, -0.25) is 4.79 Å². The Balaban J connectivity index is 1.74. The molecular formula is C13H19NO4. The molecule has 0 bridgehead atoms. The number of hydrogen-bond acceptors (Lipinski definition) is 4. The van der Waals surface area contributed by atoms with Crippen molar-refractivity contribution in [3.63, 3.8) is 0 Å². The summed E-state index contributed by atoms with van der Waals surface area (Å²) in [7, 11) is 0. The average Bonchev–Trinajstić information content (AvgIpc) is 2.97. The third-order valence-corrected chi connectivity index (χ3v) is 3.01. The van der Waals surface area contributed by atoms with Crippen LogP contribution in [0.1, 0.15) is 30.6 Å². The summed E-state index contributed by atoms with van der Waals surface area (Å²) in [5.41, 5.74) is 0.543. The molecule has 0 spiro atoms. The van der Waals surface area contributed by atoms with Crippen LogP contribution >= 0.6 is 0 Å². The van der Waals surface area contributed by atoms with Crippen molar-refractivity contribution in [1.29, 1.82) is 0 Å². The Morgan fingerprint density at radius 1 is 1.50 bits per heavy atom. The highest BCUT2D eigenvalue weighted by Crippen LogP contribution is 2.26. The molecule has 1 aliphatic heterocycles. The summed E-state index contributed by atoms with van der Waals surface area (Å²) in [5, 5.41) is 2.87. The molecular weight excluding hydrogens is 234 g/mol. The summed E-state index contributed by atoms with van der Waals surface area (Å²) >= 11 is 0. The molecule has 0 unspecified atom stereocenters. The van der Waals surface area contributed by atoms with Crippen LogP contribution in [0.5, 0.6) is 0 Å². The molecule has 2 heterocycles. The molecule has 1 aliphatic rings. The highest BCUT2D eigenvalue weighted by Gasteiger charge is 2.32. The predicted octanol–water partition coefficient (Wildman–Crippen LogP) is 1.80. The van der Waals surface area contributed by atoms with E-state index < -0.39 is 5.79 Å². The maximum atomic E-state index is 11.7. The number of amides is 1. The first-order valence-electron chi connectivity index (χ1n) is 6.17. The first-order chi connectivity index (χ1) is 8.59. The minimum Gasteiger partial charge on any atom is -0.472 e. The van der Waals surface area contributed by atoms with Crippen molar-refractivity contribution >= 4 is 5.91 Å². The van der Waals surface area contributed by atoms with E-state index in [0.29, 0.717) is 25.3 Å². The summed E-state index contributed by atoms with van der Waals surface area (Å²) in [6.07, 6.45) is 3.68. The van der Waals surface area contributed by atoms with Crippen LogP contribution in [-0.2, 0) is 9.47 Å². The lowest BCUT2D eigenvalue weighted by Gasteiger charge is -2.25. The van der Waals surface area contributed by atoms with E-state index in [4.69, 9.17) is 13.9 Å². The zero-order valence-corrected chi connectivity index (χ0v) is 10.8. The van der Waals surface area contributed by atoms with Crippen molar-refractivity contribution in [1.82, 2.24) is 5.32 Å². The summed E-state index contributed by atoms with van der Waals surface area (Å²) in [4.78, 5) is 11.7. The second-order valence-electron chi connectivity index (χ2n) is 4.86.